The maximum atomic E-state index is 9.48. The fourth-order valence-corrected chi connectivity index (χ4v) is 5.10. The molecule has 27 heavy (non-hydrogen) atoms. The summed E-state index contributed by atoms with van der Waals surface area (Å²) in [4.78, 5) is 5.26. The van der Waals surface area contributed by atoms with Crippen LogP contribution in [0.3, 0.4) is 0 Å². The molecule has 1 N–H and O–H groups in total. The van der Waals surface area contributed by atoms with Gasteiger partial charge in [-0.2, -0.15) is 0 Å². The first-order chi connectivity index (χ1) is 13.2. The largest absolute Gasteiger partial charge is 0.508 e. The van der Waals surface area contributed by atoms with Crippen LogP contribution in [0.25, 0.3) is 0 Å². The van der Waals surface area contributed by atoms with Crippen LogP contribution in [0.1, 0.15) is 43.2 Å². The normalized spacial score (nSPS) is 23.5. The third-order valence-corrected chi connectivity index (χ3v) is 6.69. The minimum atomic E-state index is 0.352. The molecule has 2 heterocycles. The van der Waals surface area contributed by atoms with Crippen LogP contribution in [0, 0.1) is 5.41 Å². The molecular weight excluding hydrogens is 332 g/mol. The third kappa shape index (κ3) is 4.36. The van der Waals surface area contributed by atoms with Crippen LogP contribution < -0.4 is 0 Å². The lowest BCUT2D eigenvalue weighted by Crippen LogP contribution is -2.51. The van der Waals surface area contributed by atoms with E-state index in [0.29, 0.717) is 17.1 Å². The van der Waals surface area contributed by atoms with E-state index in [2.05, 4.69) is 47.1 Å². The van der Waals surface area contributed by atoms with Crippen LogP contribution >= 0.6 is 0 Å². The lowest BCUT2D eigenvalue weighted by molar-refractivity contribution is 0.0138. The second kappa shape index (κ2) is 8.04. The van der Waals surface area contributed by atoms with Gasteiger partial charge in [0.25, 0.3) is 0 Å². The first-order valence-corrected chi connectivity index (χ1v) is 10.4. The van der Waals surface area contributed by atoms with E-state index < -0.39 is 0 Å². The smallest absolute Gasteiger partial charge is 0.115 e. The van der Waals surface area contributed by atoms with Gasteiger partial charge < -0.3 is 10.0 Å². The van der Waals surface area contributed by atoms with E-state index in [1.54, 1.807) is 12.1 Å². The Morgan fingerprint density at radius 1 is 0.963 bits per heavy atom. The number of rotatable bonds is 4. The predicted octanol–water partition coefficient (Wildman–Crippen LogP) is 4.48. The summed E-state index contributed by atoms with van der Waals surface area (Å²) in [6.45, 7) is 9.29. The van der Waals surface area contributed by atoms with Crippen molar-refractivity contribution in [1.29, 1.82) is 0 Å². The van der Waals surface area contributed by atoms with Gasteiger partial charge in [0.15, 0.2) is 0 Å². The number of likely N-dealkylation sites (N-methyl/N-ethyl adjacent to an activating group) is 1. The van der Waals surface area contributed by atoms with E-state index in [1.807, 2.05) is 12.1 Å². The van der Waals surface area contributed by atoms with Crippen molar-refractivity contribution in [1.82, 2.24) is 9.80 Å². The van der Waals surface area contributed by atoms with Gasteiger partial charge in [-0.25, -0.2) is 0 Å². The number of piperidine rings is 2. The van der Waals surface area contributed by atoms with Crippen LogP contribution in [-0.4, -0.2) is 47.6 Å². The van der Waals surface area contributed by atoms with E-state index in [-0.39, 0.29) is 0 Å². The molecule has 0 amide bonds. The number of hydrogen-bond donors (Lipinski definition) is 1. The Hall–Kier alpha value is -1.84. The first-order valence-electron chi connectivity index (χ1n) is 10.4. The number of benzene rings is 2. The molecule has 144 valence electrons. The molecule has 2 aromatic carbocycles. The summed E-state index contributed by atoms with van der Waals surface area (Å²) < 4.78 is 0. The Bertz CT molecular complexity index is 720. The highest BCUT2D eigenvalue weighted by molar-refractivity contribution is 5.26. The molecule has 1 spiro atoms. The number of aromatic hydroxyl groups is 1. The molecule has 2 aliphatic heterocycles. The molecule has 0 bridgehead atoms. The number of likely N-dealkylation sites (tertiary alicyclic amines) is 2. The first kappa shape index (κ1) is 18.5. The van der Waals surface area contributed by atoms with E-state index in [0.717, 1.165) is 13.1 Å². The SMILES string of the molecule is CCN1C[C@H](c2ccccc2)CC2(CCN(Cc3ccc(O)cc3)CC2)C1. The van der Waals surface area contributed by atoms with Crippen molar-refractivity contribution in [2.45, 2.75) is 38.6 Å². The van der Waals surface area contributed by atoms with Crippen molar-refractivity contribution in [3.8, 4) is 5.75 Å². The topological polar surface area (TPSA) is 26.7 Å². The van der Waals surface area contributed by atoms with Gasteiger partial charge in [-0.15, -0.1) is 0 Å². The van der Waals surface area contributed by atoms with E-state index in [1.165, 1.54) is 56.6 Å². The molecule has 3 nitrogen and oxygen atoms in total. The monoisotopic (exact) mass is 364 g/mol. The highest BCUT2D eigenvalue weighted by Crippen LogP contribution is 2.45. The molecule has 0 aromatic heterocycles. The fraction of sp³-hybridized carbons (Fsp3) is 0.500. The van der Waals surface area contributed by atoms with Crippen LogP contribution in [0.5, 0.6) is 5.75 Å². The molecule has 0 aliphatic carbocycles. The molecule has 2 aromatic rings. The van der Waals surface area contributed by atoms with Crippen molar-refractivity contribution in [3.05, 3.63) is 65.7 Å². The van der Waals surface area contributed by atoms with Gasteiger partial charge in [0.05, 0.1) is 0 Å². The number of nitrogens with zero attached hydrogens (tertiary/aromatic N) is 2. The van der Waals surface area contributed by atoms with Crippen LogP contribution in [0.4, 0.5) is 0 Å². The molecule has 2 aliphatic rings. The summed E-state index contributed by atoms with van der Waals surface area (Å²) in [7, 11) is 0. The van der Waals surface area contributed by atoms with Gasteiger partial charge in [-0.3, -0.25) is 4.90 Å². The fourth-order valence-electron chi connectivity index (χ4n) is 5.10. The lowest BCUT2D eigenvalue weighted by Gasteiger charge is -2.50. The van der Waals surface area contributed by atoms with Crippen molar-refractivity contribution in [3.63, 3.8) is 0 Å². The molecular formula is C24H32N2O. The minimum absolute atomic E-state index is 0.352. The molecule has 3 heteroatoms. The minimum Gasteiger partial charge on any atom is -0.508 e. The molecule has 4 rings (SSSR count). The Balaban J connectivity index is 1.41. The standard InChI is InChI=1S/C24H32N2O/c1-2-25-18-22(21-6-4-3-5-7-21)16-24(19-25)12-14-26(15-13-24)17-20-8-10-23(27)11-9-20/h3-11,22,27H,2,12-19H2,1H3/t22-/m1/s1. The maximum Gasteiger partial charge on any atom is 0.115 e. The average Bonchev–Trinajstić information content (AvgIpc) is 2.72. The average molecular weight is 365 g/mol. The van der Waals surface area contributed by atoms with Crippen LogP contribution in [0.15, 0.2) is 54.6 Å². The summed E-state index contributed by atoms with van der Waals surface area (Å²) in [5, 5.41) is 9.48. The lowest BCUT2D eigenvalue weighted by atomic mass is 9.68. The van der Waals surface area contributed by atoms with Crippen LogP contribution in [0.2, 0.25) is 0 Å². The van der Waals surface area contributed by atoms with Crippen LogP contribution in [-0.2, 0) is 6.54 Å². The van der Waals surface area contributed by atoms with Gasteiger partial charge in [0.2, 0.25) is 0 Å². The number of hydrogen-bond acceptors (Lipinski definition) is 3. The summed E-state index contributed by atoms with van der Waals surface area (Å²) in [6, 6.07) is 18.8. The highest BCUT2D eigenvalue weighted by atomic mass is 16.3. The Morgan fingerprint density at radius 3 is 2.33 bits per heavy atom. The molecule has 2 fully saturated rings. The molecule has 0 radical (unpaired) electrons. The van der Waals surface area contributed by atoms with Crippen molar-refractivity contribution in [2.24, 2.45) is 5.41 Å². The molecule has 0 unspecified atom stereocenters. The summed E-state index contributed by atoms with van der Waals surface area (Å²) in [5.74, 6) is 1.02. The van der Waals surface area contributed by atoms with Gasteiger partial charge in [-0.1, -0.05) is 49.4 Å². The Kier molecular flexibility index (Phi) is 5.51. The maximum absolute atomic E-state index is 9.48. The molecule has 1 atom stereocenters. The van der Waals surface area contributed by atoms with E-state index >= 15 is 0 Å². The Labute approximate surface area is 163 Å². The molecule has 0 saturated carbocycles. The van der Waals surface area contributed by atoms with E-state index in [4.69, 9.17) is 0 Å². The van der Waals surface area contributed by atoms with Crippen molar-refractivity contribution < 1.29 is 5.11 Å². The number of phenols is 1. The van der Waals surface area contributed by atoms with Gasteiger partial charge >= 0.3 is 0 Å². The zero-order valence-corrected chi connectivity index (χ0v) is 16.5. The second-order valence-electron chi connectivity index (χ2n) is 8.58. The summed E-state index contributed by atoms with van der Waals surface area (Å²) >= 11 is 0. The predicted molar refractivity (Wildman–Crippen MR) is 111 cm³/mol. The zero-order chi connectivity index (χ0) is 18.7. The van der Waals surface area contributed by atoms with E-state index in [9.17, 15) is 5.11 Å². The van der Waals surface area contributed by atoms with Gasteiger partial charge in [0.1, 0.15) is 5.75 Å². The molecule has 2 saturated heterocycles. The zero-order valence-electron chi connectivity index (χ0n) is 16.5. The van der Waals surface area contributed by atoms with Gasteiger partial charge in [0, 0.05) is 19.6 Å². The second-order valence-corrected chi connectivity index (χ2v) is 8.58. The van der Waals surface area contributed by atoms with Gasteiger partial charge in [-0.05, 0) is 73.5 Å². The van der Waals surface area contributed by atoms with Crippen molar-refractivity contribution >= 4 is 0 Å². The third-order valence-electron chi connectivity index (χ3n) is 6.69. The van der Waals surface area contributed by atoms with Crippen molar-refractivity contribution in [2.75, 3.05) is 32.7 Å². The highest BCUT2D eigenvalue weighted by Gasteiger charge is 2.41. The summed E-state index contributed by atoms with van der Waals surface area (Å²) in [5.41, 5.74) is 3.28. The number of phenolic OH excluding ortho intramolecular Hbond substituents is 1. The summed E-state index contributed by atoms with van der Waals surface area (Å²) in [6.07, 6.45) is 3.93. The quantitative estimate of drug-likeness (QED) is 0.866. The Morgan fingerprint density at radius 2 is 1.67 bits per heavy atom.